The standard InChI is InChI=1S/C15H23F2NO/c16-15(17)9-4-12(5-10-15)13(19)18-14-6-1-11(2-7-14)3-8-14/h11-12H,1-10H2,(H,18,19). The quantitative estimate of drug-likeness (QED) is 0.816. The Bertz CT molecular complexity index is 337. The molecule has 0 saturated heterocycles. The predicted molar refractivity (Wildman–Crippen MR) is 69.0 cm³/mol. The summed E-state index contributed by atoms with van der Waals surface area (Å²) in [4.78, 5) is 12.3. The molecule has 0 aromatic rings. The number of nitrogens with one attached hydrogen (secondary N) is 1. The lowest BCUT2D eigenvalue weighted by Gasteiger charge is -2.47. The van der Waals surface area contributed by atoms with Crippen molar-refractivity contribution in [3.8, 4) is 0 Å². The van der Waals surface area contributed by atoms with Crippen molar-refractivity contribution in [3.05, 3.63) is 0 Å². The molecule has 0 radical (unpaired) electrons. The maximum absolute atomic E-state index is 13.1. The lowest BCUT2D eigenvalue weighted by atomic mass is 9.65. The van der Waals surface area contributed by atoms with Gasteiger partial charge in [0.1, 0.15) is 0 Å². The number of alkyl halides is 2. The first-order valence-electron chi connectivity index (χ1n) is 7.68. The summed E-state index contributed by atoms with van der Waals surface area (Å²) >= 11 is 0. The number of halogens is 2. The molecule has 4 aliphatic rings. The third kappa shape index (κ3) is 2.77. The summed E-state index contributed by atoms with van der Waals surface area (Å²) in [6.45, 7) is 0. The second kappa shape index (κ2) is 4.71. The van der Waals surface area contributed by atoms with E-state index in [2.05, 4.69) is 5.32 Å². The fourth-order valence-corrected chi connectivity index (χ4v) is 4.10. The number of carbonyl (C=O) groups excluding carboxylic acids is 1. The van der Waals surface area contributed by atoms with Crippen LogP contribution in [0.25, 0.3) is 0 Å². The Kier molecular flexibility index (Phi) is 3.30. The highest BCUT2D eigenvalue weighted by molar-refractivity contribution is 5.79. The zero-order chi connectivity index (χ0) is 13.5. The molecule has 0 aromatic carbocycles. The molecule has 0 aromatic heterocycles. The first kappa shape index (κ1) is 13.3. The maximum Gasteiger partial charge on any atom is 0.248 e. The highest BCUT2D eigenvalue weighted by atomic mass is 19.3. The van der Waals surface area contributed by atoms with Crippen LogP contribution in [0.4, 0.5) is 8.78 Å². The van der Waals surface area contributed by atoms with Crippen molar-refractivity contribution in [2.75, 3.05) is 0 Å². The van der Waals surface area contributed by atoms with Crippen LogP contribution in [0.3, 0.4) is 0 Å². The Morgan fingerprint density at radius 1 is 0.895 bits per heavy atom. The van der Waals surface area contributed by atoms with Gasteiger partial charge in [0.15, 0.2) is 0 Å². The summed E-state index contributed by atoms with van der Waals surface area (Å²) in [6, 6.07) is 0. The van der Waals surface area contributed by atoms with E-state index in [0.717, 1.165) is 25.2 Å². The lowest BCUT2D eigenvalue weighted by molar-refractivity contribution is -0.132. The third-order valence-electron chi connectivity index (χ3n) is 5.57. The molecule has 4 heteroatoms. The molecular weight excluding hydrogens is 248 g/mol. The Hall–Kier alpha value is -0.670. The molecule has 2 nitrogen and oxygen atoms in total. The fourth-order valence-electron chi connectivity index (χ4n) is 4.10. The summed E-state index contributed by atoms with van der Waals surface area (Å²) in [5.74, 6) is -1.82. The van der Waals surface area contributed by atoms with Gasteiger partial charge in [0.05, 0.1) is 0 Å². The van der Waals surface area contributed by atoms with Crippen molar-refractivity contribution in [2.45, 2.75) is 75.7 Å². The Balaban J connectivity index is 1.56. The highest BCUT2D eigenvalue weighted by Gasteiger charge is 2.43. The predicted octanol–water partition coefficient (Wildman–Crippen LogP) is 3.65. The second-order valence-corrected chi connectivity index (χ2v) is 6.88. The summed E-state index contributed by atoms with van der Waals surface area (Å²) in [6.07, 6.45) is 7.38. The van der Waals surface area contributed by atoms with Gasteiger partial charge < -0.3 is 5.32 Å². The van der Waals surface area contributed by atoms with E-state index in [4.69, 9.17) is 0 Å². The largest absolute Gasteiger partial charge is 0.350 e. The molecule has 4 aliphatic carbocycles. The number of rotatable bonds is 2. The molecule has 4 fully saturated rings. The van der Waals surface area contributed by atoms with Crippen molar-refractivity contribution in [1.82, 2.24) is 5.32 Å². The molecule has 4 saturated carbocycles. The monoisotopic (exact) mass is 271 g/mol. The lowest BCUT2D eigenvalue weighted by Crippen LogP contribution is -2.55. The number of amides is 1. The van der Waals surface area contributed by atoms with Crippen molar-refractivity contribution in [3.63, 3.8) is 0 Å². The number of fused-ring (bicyclic) bond motifs is 3. The molecule has 1 amide bonds. The summed E-state index contributed by atoms with van der Waals surface area (Å²) in [5.41, 5.74) is 0.00575. The molecule has 108 valence electrons. The number of carbonyl (C=O) groups is 1. The van der Waals surface area contributed by atoms with Crippen LogP contribution in [0.1, 0.15) is 64.2 Å². The van der Waals surface area contributed by atoms with Crippen LogP contribution < -0.4 is 5.32 Å². The van der Waals surface area contributed by atoms with Crippen LogP contribution >= 0.6 is 0 Å². The van der Waals surface area contributed by atoms with Crippen LogP contribution in [-0.4, -0.2) is 17.4 Å². The zero-order valence-electron chi connectivity index (χ0n) is 11.4. The average molecular weight is 271 g/mol. The van der Waals surface area contributed by atoms with E-state index in [1.807, 2.05) is 0 Å². The summed E-state index contributed by atoms with van der Waals surface area (Å²) in [7, 11) is 0. The molecule has 0 heterocycles. The van der Waals surface area contributed by atoms with E-state index < -0.39 is 5.92 Å². The molecule has 0 spiro atoms. The Morgan fingerprint density at radius 3 is 1.95 bits per heavy atom. The minimum atomic E-state index is -2.54. The fraction of sp³-hybridized carbons (Fsp3) is 0.933. The van der Waals surface area contributed by atoms with E-state index in [-0.39, 0.29) is 30.2 Å². The van der Waals surface area contributed by atoms with Gasteiger partial charge in [-0.05, 0) is 57.3 Å². The van der Waals surface area contributed by atoms with E-state index in [1.165, 1.54) is 19.3 Å². The van der Waals surface area contributed by atoms with Gasteiger partial charge in [0.2, 0.25) is 11.8 Å². The van der Waals surface area contributed by atoms with Crippen molar-refractivity contribution in [1.29, 1.82) is 0 Å². The van der Waals surface area contributed by atoms with Gasteiger partial charge in [-0.15, -0.1) is 0 Å². The SMILES string of the molecule is O=C(NC12CCC(CC1)CC2)C1CCC(F)(F)CC1. The van der Waals surface area contributed by atoms with E-state index >= 15 is 0 Å². The molecule has 19 heavy (non-hydrogen) atoms. The molecular formula is C15H23F2NO. The van der Waals surface area contributed by atoms with Crippen LogP contribution in [0.15, 0.2) is 0 Å². The van der Waals surface area contributed by atoms with Gasteiger partial charge in [0.25, 0.3) is 0 Å². The third-order valence-corrected chi connectivity index (χ3v) is 5.57. The minimum absolute atomic E-state index is 0.00575. The smallest absolute Gasteiger partial charge is 0.248 e. The Labute approximate surface area is 113 Å². The van der Waals surface area contributed by atoms with Gasteiger partial charge in [-0.3, -0.25) is 4.79 Å². The molecule has 4 rings (SSSR count). The van der Waals surface area contributed by atoms with Crippen LogP contribution in [0.5, 0.6) is 0 Å². The first-order chi connectivity index (χ1) is 8.98. The van der Waals surface area contributed by atoms with Crippen LogP contribution in [0.2, 0.25) is 0 Å². The minimum Gasteiger partial charge on any atom is -0.350 e. The number of hydrogen-bond acceptors (Lipinski definition) is 1. The normalized spacial score (nSPS) is 38.1. The molecule has 0 atom stereocenters. The summed E-state index contributed by atoms with van der Waals surface area (Å²) in [5, 5.41) is 3.23. The van der Waals surface area contributed by atoms with Gasteiger partial charge in [-0.25, -0.2) is 8.78 Å². The van der Waals surface area contributed by atoms with Crippen molar-refractivity contribution >= 4 is 5.91 Å². The van der Waals surface area contributed by atoms with Gasteiger partial charge in [-0.1, -0.05) is 0 Å². The maximum atomic E-state index is 13.1. The van der Waals surface area contributed by atoms with Crippen molar-refractivity contribution < 1.29 is 13.6 Å². The average Bonchev–Trinajstić information content (AvgIpc) is 2.40. The Morgan fingerprint density at radius 2 is 1.42 bits per heavy atom. The highest BCUT2D eigenvalue weighted by Crippen LogP contribution is 2.44. The van der Waals surface area contributed by atoms with Crippen LogP contribution in [0, 0.1) is 11.8 Å². The molecule has 0 unspecified atom stereocenters. The zero-order valence-corrected chi connectivity index (χ0v) is 11.4. The van der Waals surface area contributed by atoms with Gasteiger partial charge in [0, 0.05) is 24.3 Å². The van der Waals surface area contributed by atoms with Crippen molar-refractivity contribution in [2.24, 2.45) is 11.8 Å². The summed E-state index contributed by atoms with van der Waals surface area (Å²) < 4.78 is 26.2. The van der Waals surface area contributed by atoms with Gasteiger partial charge in [-0.2, -0.15) is 0 Å². The van der Waals surface area contributed by atoms with E-state index in [0.29, 0.717) is 12.8 Å². The number of hydrogen-bond donors (Lipinski definition) is 1. The van der Waals surface area contributed by atoms with Crippen LogP contribution in [-0.2, 0) is 4.79 Å². The first-order valence-corrected chi connectivity index (χ1v) is 7.68. The molecule has 2 bridgehead atoms. The molecule has 1 N–H and O–H groups in total. The topological polar surface area (TPSA) is 29.1 Å². The molecule has 0 aliphatic heterocycles. The second-order valence-electron chi connectivity index (χ2n) is 6.88. The van der Waals surface area contributed by atoms with E-state index in [1.54, 1.807) is 0 Å². The van der Waals surface area contributed by atoms with Gasteiger partial charge >= 0.3 is 0 Å². The van der Waals surface area contributed by atoms with E-state index in [9.17, 15) is 13.6 Å².